The fraction of sp³-hybridized carbons (Fsp3) is 0.324. The molecule has 1 heterocycles. The van der Waals surface area contributed by atoms with Gasteiger partial charge in [0.15, 0.2) is 17.4 Å². The van der Waals surface area contributed by atoms with Crippen LogP contribution < -0.4 is 5.56 Å². The number of amides is 1. The van der Waals surface area contributed by atoms with Crippen molar-refractivity contribution in [2.75, 3.05) is 26.2 Å². The van der Waals surface area contributed by atoms with Crippen molar-refractivity contribution in [2.45, 2.75) is 56.7 Å². The first kappa shape index (κ1) is 42.8. The molecule has 0 radical (unpaired) electrons. The molecule has 0 aliphatic rings. The van der Waals surface area contributed by atoms with E-state index >= 15 is 0 Å². The van der Waals surface area contributed by atoms with E-state index in [0.29, 0.717) is 29.0 Å². The van der Waals surface area contributed by atoms with Crippen LogP contribution in [0.15, 0.2) is 88.9 Å². The molecule has 1 amide bonds. The van der Waals surface area contributed by atoms with Gasteiger partial charge >= 0.3 is 11.9 Å². The molecule has 53 heavy (non-hydrogen) atoms. The number of aliphatic hydroxyl groups excluding tert-OH is 3. The smallest absolute Gasteiger partial charge is 0.335 e. The topological polar surface area (TPSA) is 194 Å². The monoisotopic (exact) mass is 772 g/mol. The third-order valence-corrected chi connectivity index (χ3v) is 9.34. The quantitative estimate of drug-likeness (QED) is 0.0773. The number of halogens is 2. The Morgan fingerprint density at radius 3 is 1.89 bits per heavy atom. The highest BCUT2D eigenvalue weighted by molar-refractivity contribution is 7.98. The summed E-state index contributed by atoms with van der Waals surface area (Å²) < 4.78 is 15.0. The van der Waals surface area contributed by atoms with Crippen LogP contribution in [0.2, 0.25) is 5.02 Å². The number of hydrogen-bond donors (Lipinski definition) is 5. The van der Waals surface area contributed by atoms with E-state index in [9.17, 15) is 28.7 Å². The fourth-order valence-corrected chi connectivity index (χ4v) is 5.91. The number of aliphatic hydroxyl groups is 3. The van der Waals surface area contributed by atoms with Gasteiger partial charge in [-0.3, -0.25) is 9.59 Å². The summed E-state index contributed by atoms with van der Waals surface area (Å²) >= 11 is 7.32. The number of likely N-dealkylation sites (N-methyl/N-ethyl adjacent to an activating group) is 1. The number of carboxylic acids is 2. The van der Waals surface area contributed by atoms with E-state index in [4.69, 9.17) is 32.0 Å². The highest BCUT2D eigenvalue weighted by Gasteiger charge is 2.29. The van der Waals surface area contributed by atoms with Gasteiger partial charge in [-0.1, -0.05) is 85.7 Å². The highest BCUT2D eigenvalue weighted by Crippen LogP contribution is 2.24. The van der Waals surface area contributed by atoms with E-state index in [1.54, 1.807) is 16.7 Å². The van der Waals surface area contributed by atoms with Crippen LogP contribution in [0, 0.1) is 5.82 Å². The van der Waals surface area contributed by atoms with Crippen molar-refractivity contribution in [3.8, 4) is 11.1 Å². The predicted octanol–water partition coefficient (Wildman–Crippen LogP) is 3.74. The molecule has 1 aromatic heterocycles. The molecular weight excluding hydrogens is 731 g/mol. The Labute approximate surface area is 314 Å². The second kappa shape index (κ2) is 21.2. The van der Waals surface area contributed by atoms with Gasteiger partial charge in [0.25, 0.3) is 5.56 Å². The van der Waals surface area contributed by atoms with Crippen molar-refractivity contribution in [1.29, 1.82) is 0 Å². The van der Waals surface area contributed by atoms with Gasteiger partial charge in [-0.15, -0.1) is 0 Å². The molecule has 2 unspecified atom stereocenters. The van der Waals surface area contributed by atoms with Gasteiger partial charge in [0.1, 0.15) is 12.4 Å². The second-order valence-electron chi connectivity index (χ2n) is 11.7. The van der Waals surface area contributed by atoms with Crippen molar-refractivity contribution < 1.29 is 44.3 Å². The van der Waals surface area contributed by atoms with Gasteiger partial charge in [-0.25, -0.2) is 14.0 Å². The lowest BCUT2D eigenvalue weighted by Gasteiger charge is -2.27. The molecule has 5 N–H and O–H groups in total. The maximum absolute atomic E-state index is 13.8. The largest absolute Gasteiger partial charge is 0.479 e. The number of aliphatic carboxylic acids is 2. The van der Waals surface area contributed by atoms with Crippen LogP contribution >= 0.6 is 23.4 Å². The summed E-state index contributed by atoms with van der Waals surface area (Å²) in [6.07, 6.45) is -3.03. The molecule has 4 rings (SSSR count). The average molecular weight is 773 g/mol. The van der Waals surface area contributed by atoms with Crippen molar-refractivity contribution in [1.82, 2.24) is 19.4 Å². The third-order valence-electron chi connectivity index (χ3n) is 8.03. The molecule has 0 saturated heterocycles. The summed E-state index contributed by atoms with van der Waals surface area (Å²) in [5.41, 5.74) is 3.54. The van der Waals surface area contributed by atoms with E-state index in [0.717, 1.165) is 41.9 Å². The number of benzene rings is 3. The summed E-state index contributed by atoms with van der Waals surface area (Å²) in [5.74, 6) is -3.56. The minimum absolute atomic E-state index is 0.0485. The molecule has 4 aromatic rings. The molecule has 2 atom stereocenters. The van der Waals surface area contributed by atoms with Crippen LogP contribution in [0.3, 0.4) is 0 Å². The molecule has 0 spiro atoms. The molecular formula is C37H42ClFN4O9S. The van der Waals surface area contributed by atoms with Gasteiger partial charge < -0.3 is 39.9 Å². The highest BCUT2D eigenvalue weighted by atomic mass is 35.5. The molecule has 0 fully saturated rings. The average Bonchev–Trinajstić information content (AvgIpc) is 3.15. The van der Waals surface area contributed by atoms with Gasteiger partial charge in [-0.05, 0) is 59.6 Å². The van der Waals surface area contributed by atoms with Crippen LogP contribution in [0.4, 0.5) is 4.39 Å². The number of rotatable bonds is 17. The Hall–Kier alpha value is -4.64. The zero-order valence-electron chi connectivity index (χ0n) is 29.1. The van der Waals surface area contributed by atoms with Crippen molar-refractivity contribution in [3.05, 3.63) is 117 Å². The zero-order valence-corrected chi connectivity index (χ0v) is 30.7. The Kier molecular flexibility index (Phi) is 17.1. The van der Waals surface area contributed by atoms with Crippen LogP contribution in [0.5, 0.6) is 0 Å². The maximum atomic E-state index is 13.8. The Morgan fingerprint density at radius 2 is 1.38 bits per heavy atom. The minimum Gasteiger partial charge on any atom is -0.479 e. The standard InChI is InChI=1S/C33H36ClFN4O3S.C4H6O6/c1-3-37(4-2)17-18-38(19-24-5-9-26(10-6-24)27-11-13-29(34)14-12-27)31(41)21-39-20-28(22-40)32(42)36-33(39)43-23-25-7-15-30(35)16-8-25;5-1(3(7)8)2(6)4(9)10/h5-16,20,40H,3-4,17-19,21-23H2,1-2H3;1-2,5-6H,(H,7,8)(H,9,10). The maximum Gasteiger partial charge on any atom is 0.335 e. The second-order valence-corrected chi connectivity index (χ2v) is 13.0. The molecule has 0 bridgehead atoms. The number of hydrogen-bond acceptors (Lipinski definition) is 10. The van der Waals surface area contributed by atoms with Crippen molar-refractivity contribution in [3.63, 3.8) is 0 Å². The van der Waals surface area contributed by atoms with Gasteiger partial charge in [0, 0.05) is 36.6 Å². The van der Waals surface area contributed by atoms with E-state index in [2.05, 4.69) is 23.7 Å². The normalized spacial score (nSPS) is 12.1. The lowest BCUT2D eigenvalue weighted by Crippen LogP contribution is -2.40. The lowest BCUT2D eigenvalue weighted by atomic mass is 10.0. The Morgan fingerprint density at radius 1 is 0.849 bits per heavy atom. The number of carbonyl (C=O) groups is 3. The Balaban J connectivity index is 0.000000661. The van der Waals surface area contributed by atoms with Crippen LogP contribution in [-0.2, 0) is 39.8 Å². The van der Waals surface area contributed by atoms with Crippen molar-refractivity contribution in [2.24, 2.45) is 0 Å². The fourth-order valence-electron chi connectivity index (χ4n) is 4.86. The first-order valence-corrected chi connectivity index (χ1v) is 17.9. The van der Waals surface area contributed by atoms with Gasteiger partial charge in [0.2, 0.25) is 5.91 Å². The van der Waals surface area contributed by atoms with E-state index in [-0.39, 0.29) is 23.8 Å². The summed E-state index contributed by atoms with van der Waals surface area (Å²) in [5, 5.41) is 43.3. The summed E-state index contributed by atoms with van der Waals surface area (Å²) in [6, 6.07) is 21.9. The number of carbonyl (C=O) groups excluding carboxylic acids is 1. The van der Waals surface area contributed by atoms with Crippen LogP contribution in [0.25, 0.3) is 11.1 Å². The summed E-state index contributed by atoms with van der Waals surface area (Å²) in [6.45, 7) is 7.08. The third kappa shape index (κ3) is 13.4. The van der Waals surface area contributed by atoms with Crippen LogP contribution in [-0.4, -0.2) is 101 Å². The Bertz CT molecular complexity index is 1840. The SMILES string of the molecule is CCN(CC)CCN(Cc1ccc(-c2ccc(Cl)cc2)cc1)C(=O)Cn1cc(CO)c(=O)nc1SCc1ccc(F)cc1.O=C(O)C(O)C(O)C(=O)O. The molecule has 0 saturated carbocycles. The molecule has 284 valence electrons. The predicted molar refractivity (Wildman–Crippen MR) is 198 cm³/mol. The molecule has 0 aliphatic heterocycles. The first-order chi connectivity index (χ1) is 25.3. The number of thioether (sulfide) groups is 1. The number of nitrogens with zero attached hydrogens (tertiary/aromatic N) is 4. The molecule has 0 aliphatic carbocycles. The summed E-state index contributed by atoms with van der Waals surface area (Å²) in [7, 11) is 0. The number of aromatic nitrogens is 2. The first-order valence-electron chi connectivity index (χ1n) is 16.5. The number of carboxylic acid groups (broad SMARTS) is 2. The van der Waals surface area contributed by atoms with Crippen LogP contribution in [0.1, 0.15) is 30.5 Å². The van der Waals surface area contributed by atoms with E-state index in [1.807, 2.05) is 53.4 Å². The van der Waals surface area contributed by atoms with Gasteiger partial charge in [-0.2, -0.15) is 4.98 Å². The van der Waals surface area contributed by atoms with Gasteiger partial charge in [0.05, 0.1) is 12.2 Å². The molecule has 16 heteroatoms. The molecule has 3 aromatic carbocycles. The zero-order chi connectivity index (χ0) is 39.1. The minimum atomic E-state index is -2.27. The van der Waals surface area contributed by atoms with E-state index < -0.39 is 36.3 Å². The lowest BCUT2D eigenvalue weighted by molar-refractivity contribution is -0.165. The summed E-state index contributed by atoms with van der Waals surface area (Å²) in [4.78, 5) is 54.1. The van der Waals surface area contributed by atoms with E-state index in [1.165, 1.54) is 30.1 Å². The molecule has 13 nitrogen and oxygen atoms in total. The van der Waals surface area contributed by atoms with Crippen molar-refractivity contribution >= 4 is 41.2 Å².